The number of pyridine rings is 1. The standard InChI is InChI=1S/C16H16N4O3S/c1-12(21)11-20-14-8-4-3-7-13(14)18-16(20)24(22,23)19(2)15-9-5-6-10-17-15/h3-10H,11H2,1-2H3. The fourth-order valence-corrected chi connectivity index (χ4v) is 3.67. The molecule has 24 heavy (non-hydrogen) atoms. The molecule has 0 aliphatic carbocycles. The zero-order chi connectivity index (χ0) is 17.3. The molecule has 0 unspecified atom stereocenters. The summed E-state index contributed by atoms with van der Waals surface area (Å²) in [6.07, 6.45) is 1.51. The third-order valence-electron chi connectivity index (χ3n) is 3.56. The molecule has 0 saturated heterocycles. The molecule has 2 aromatic heterocycles. The first-order valence-corrected chi connectivity index (χ1v) is 8.70. The Kier molecular flexibility index (Phi) is 4.06. The van der Waals surface area contributed by atoms with Gasteiger partial charge in [0.05, 0.1) is 17.6 Å². The number of anilines is 1. The second-order valence-corrected chi connectivity index (χ2v) is 7.19. The van der Waals surface area contributed by atoms with Gasteiger partial charge in [-0.1, -0.05) is 18.2 Å². The Hall–Kier alpha value is -2.74. The lowest BCUT2D eigenvalue weighted by Crippen LogP contribution is -2.30. The number of nitrogens with zero attached hydrogens (tertiary/aromatic N) is 4. The van der Waals surface area contributed by atoms with Gasteiger partial charge in [-0.2, -0.15) is 8.42 Å². The SMILES string of the molecule is CC(=O)Cn1c(S(=O)(=O)N(C)c2ccccn2)nc2ccccc21. The highest BCUT2D eigenvalue weighted by atomic mass is 32.2. The maximum Gasteiger partial charge on any atom is 0.299 e. The Morgan fingerprint density at radius 2 is 1.88 bits per heavy atom. The number of imidazole rings is 1. The van der Waals surface area contributed by atoms with Gasteiger partial charge in [-0.25, -0.2) is 9.97 Å². The van der Waals surface area contributed by atoms with E-state index in [9.17, 15) is 13.2 Å². The number of Topliss-reactive ketones (excluding diaryl/α,β-unsaturated/α-hetero) is 1. The maximum absolute atomic E-state index is 13.0. The largest absolute Gasteiger partial charge is 0.306 e. The molecule has 0 saturated carbocycles. The summed E-state index contributed by atoms with van der Waals surface area (Å²) in [6, 6.07) is 12.0. The monoisotopic (exact) mass is 344 g/mol. The van der Waals surface area contributed by atoms with Gasteiger partial charge in [0.2, 0.25) is 5.16 Å². The normalized spacial score (nSPS) is 11.6. The predicted octanol–water partition coefficient (Wildman–Crippen LogP) is 1.85. The molecule has 0 fully saturated rings. The lowest BCUT2D eigenvalue weighted by molar-refractivity contribution is -0.117. The van der Waals surface area contributed by atoms with E-state index in [-0.39, 0.29) is 23.3 Å². The molecule has 0 bridgehead atoms. The smallest absolute Gasteiger partial charge is 0.299 e. The van der Waals surface area contributed by atoms with E-state index in [1.807, 2.05) is 0 Å². The average Bonchev–Trinajstić information content (AvgIpc) is 2.94. The minimum Gasteiger partial charge on any atom is -0.306 e. The second-order valence-electron chi connectivity index (χ2n) is 5.33. The van der Waals surface area contributed by atoms with Crippen LogP contribution in [0.25, 0.3) is 11.0 Å². The first kappa shape index (κ1) is 16.1. The van der Waals surface area contributed by atoms with Gasteiger partial charge >= 0.3 is 0 Å². The topological polar surface area (TPSA) is 85.2 Å². The van der Waals surface area contributed by atoms with Crippen molar-refractivity contribution in [3.8, 4) is 0 Å². The summed E-state index contributed by atoms with van der Waals surface area (Å²) < 4.78 is 28.5. The van der Waals surface area contributed by atoms with Crippen LogP contribution in [0.2, 0.25) is 0 Å². The number of hydrogen-bond donors (Lipinski definition) is 0. The van der Waals surface area contributed by atoms with Gasteiger partial charge in [0.1, 0.15) is 11.6 Å². The lowest BCUT2D eigenvalue weighted by Gasteiger charge is -2.18. The van der Waals surface area contributed by atoms with Crippen LogP contribution < -0.4 is 4.31 Å². The average molecular weight is 344 g/mol. The highest BCUT2D eigenvalue weighted by molar-refractivity contribution is 7.92. The molecule has 0 amide bonds. The molecule has 124 valence electrons. The number of carbonyl (C=O) groups is 1. The molecule has 0 atom stereocenters. The van der Waals surface area contributed by atoms with Crippen LogP contribution in [0.5, 0.6) is 0 Å². The van der Waals surface area contributed by atoms with Crippen LogP contribution in [0, 0.1) is 0 Å². The van der Waals surface area contributed by atoms with Gasteiger partial charge in [0.15, 0.2) is 0 Å². The van der Waals surface area contributed by atoms with E-state index in [0.29, 0.717) is 11.0 Å². The number of ketones is 1. The molecule has 3 rings (SSSR count). The summed E-state index contributed by atoms with van der Waals surface area (Å²) in [5.41, 5.74) is 1.12. The van der Waals surface area contributed by atoms with Gasteiger partial charge in [0.25, 0.3) is 10.0 Å². The van der Waals surface area contributed by atoms with Crippen LogP contribution >= 0.6 is 0 Å². The minimum absolute atomic E-state index is 0.0644. The van der Waals surface area contributed by atoms with E-state index in [1.54, 1.807) is 42.5 Å². The Labute approximate surface area is 139 Å². The first-order chi connectivity index (χ1) is 11.4. The van der Waals surface area contributed by atoms with Crippen LogP contribution in [-0.4, -0.2) is 35.8 Å². The molecule has 2 heterocycles. The summed E-state index contributed by atoms with van der Waals surface area (Å²) in [5.74, 6) is 0.119. The lowest BCUT2D eigenvalue weighted by atomic mass is 10.3. The van der Waals surface area contributed by atoms with E-state index < -0.39 is 10.0 Å². The third-order valence-corrected chi connectivity index (χ3v) is 5.24. The van der Waals surface area contributed by atoms with E-state index in [1.165, 1.54) is 24.7 Å². The van der Waals surface area contributed by atoms with Crippen LogP contribution in [0.4, 0.5) is 5.82 Å². The van der Waals surface area contributed by atoms with Gasteiger partial charge in [0, 0.05) is 13.2 Å². The quantitative estimate of drug-likeness (QED) is 0.705. The number of para-hydroxylation sites is 2. The van der Waals surface area contributed by atoms with Gasteiger partial charge in [-0.05, 0) is 31.2 Å². The summed E-state index contributed by atoms with van der Waals surface area (Å²) in [6.45, 7) is 1.35. The minimum atomic E-state index is -3.96. The highest BCUT2D eigenvalue weighted by Crippen LogP contribution is 2.24. The number of benzene rings is 1. The van der Waals surface area contributed by atoms with Crippen molar-refractivity contribution in [2.75, 3.05) is 11.4 Å². The molecular formula is C16H16N4O3S. The molecular weight excluding hydrogens is 328 g/mol. The number of carbonyl (C=O) groups excluding carboxylic acids is 1. The fourth-order valence-electron chi connectivity index (χ4n) is 2.41. The van der Waals surface area contributed by atoms with Crippen molar-refractivity contribution in [3.63, 3.8) is 0 Å². The molecule has 3 aromatic rings. The molecule has 0 N–H and O–H groups in total. The summed E-state index contributed by atoms with van der Waals surface area (Å²) in [7, 11) is -2.55. The molecule has 7 nitrogen and oxygen atoms in total. The summed E-state index contributed by atoms with van der Waals surface area (Å²) in [5, 5.41) is -0.174. The van der Waals surface area contributed by atoms with E-state index in [4.69, 9.17) is 0 Å². The van der Waals surface area contributed by atoms with Crippen molar-refractivity contribution in [1.82, 2.24) is 14.5 Å². The van der Waals surface area contributed by atoms with Crippen molar-refractivity contribution < 1.29 is 13.2 Å². The fraction of sp³-hybridized carbons (Fsp3) is 0.188. The molecule has 0 aliphatic rings. The van der Waals surface area contributed by atoms with Crippen LogP contribution in [0.1, 0.15) is 6.92 Å². The molecule has 0 spiro atoms. The zero-order valence-electron chi connectivity index (χ0n) is 13.2. The van der Waals surface area contributed by atoms with Crippen molar-refractivity contribution in [1.29, 1.82) is 0 Å². The zero-order valence-corrected chi connectivity index (χ0v) is 14.1. The Bertz CT molecular complexity index is 997. The van der Waals surface area contributed by atoms with Gasteiger partial charge in [-0.3, -0.25) is 9.10 Å². The Balaban J connectivity index is 2.19. The van der Waals surface area contributed by atoms with Gasteiger partial charge < -0.3 is 4.57 Å². The van der Waals surface area contributed by atoms with Crippen LogP contribution in [0.15, 0.2) is 53.8 Å². The van der Waals surface area contributed by atoms with Crippen molar-refractivity contribution in [3.05, 3.63) is 48.7 Å². The Morgan fingerprint density at radius 1 is 1.17 bits per heavy atom. The molecule has 0 aliphatic heterocycles. The Morgan fingerprint density at radius 3 is 2.54 bits per heavy atom. The third kappa shape index (κ3) is 2.76. The number of fused-ring (bicyclic) bond motifs is 1. The number of aromatic nitrogens is 3. The number of rotatable bonds is 5. The van der Waals surface area contributed by atoms with E-state index in [0.717, 1.165) is 4.31 Å². The van der Waals surface area contributed by atoms with Crippen LogP contribution in [-0.2, 0) is 21.4 Å². The summed E-state index contributed by atoms with van der Waals surface area (Å²) >= 11 is 0. The number of hydrogen-bond acceptors (Lipinski definition) is 5. The number of sulfonamides is 1. The van der Waals surface area contributed by atoms with Gasteiger partial charge in [-0.15, -0.1) is 0 Å². The molecule has 0 radical (unpaired) electrons. The first-order valence-electron chi connectivity index (χ1n) is 7.26. The maximum atomic E-state index is 13.0. The predicted molar refractivity (Wildman–Crippen MR) is 90.2 cm³/mol. The highest BCUT2D eigenvalue weighted by Gasteiger charge is 2.29. The molecule has 1 aromatic carbocycles. The summed E-state index contributed by atoms with van der Waals surface area (Å²) in [4.78, 5) is 19.9. The van der Waals surface area contributed by atoms with Crippen molar-refractivity contribution in [2.24, 2.45) is 0 Å². The second kappa shape index (κ2) is 6.04. The van der Waals surface area contributed by atoms with E-state index in [2.05, 4.69) is 9.97 Å². The van der Waals surface area contributed by atoms with Crippen molar-refractivity contribution in [2.45, 2.75) is 18.6 Å². The van der Waals surface area contributed by atoms with Crippen LogP contribution in [0.3, 0.4) is 0 Å². The molecule has 8 heteroatoms. The van der Waals surface area contributed by atoms with Crippen molar-refractivity contribution >= 4 is 32.7 Å². The van der Waals surface area contributed by atoms with E-state index >= 15 is 0 Å².